The van der Waals surface area contributed by atoms with E-state index in [1.165, 1.54) is 6.07 Å². The van der Waals surface area contributed by atoms with E-state index >= 15 is 0 Å². The second-order valence-electron chi connectivity index (χ2n) is 3.59. The Bertz CT molecular complexity index is 385. The number of rotatable bonds is 2. The molecule has 0 aliphatic carbocycles. The van der Waals surface area contributed by atoms with Crippen LogP contribution in [0.15, 0.2) is 18.2 Å². The molecule has 0 saturated carbocycles. The summed E-state index contributed by atoms with van der Waals surface area (Å²) in [6, 6.07) is 3.19. The van der Waals surface area contributed by atoms with Crippen LogP contribution in [0.4, 0.5) is 14.5 Å². The molecule has 15 heavy (non-hydrogen) atoms. The molecule has 0 radical (unpaired) electrons. The van der Waals surface area contributed by atoms with Crippen LogP contribution in [0.1, 0.15) is 13.8 Å². The zero-order chi connectivity index (χ0) is 11.6. The van der Waals surface area contributed by atoms with E-state index in [2.05, 4.69) is 5.32 Å². The maximum atomic E-state index is 13.1. The van der Waals surface area contributed by atoms with Crippen molar-refractivity contribution in [1.29, 1.82) is 0 Å². The van der Waals surface area contributed by atoms with E-state index in [1.54, 1.807) is 0 Å². The van der Waals surface area contributed by atoms with Gasteiger partial charge in [-0.2, -0.15) is 0 Å². The molecule has 0 aliphatic rings. The van der Waals surface area contributed by atoms with Crippen molar-refractivity contribution in [1.82, 2.24) is 0 Å². The molecule has 0 aromatic heterocycles. The van der Waals surface area contributed by atoms with Gasteiger partial charge in [-0.3, -0.25) is 4.79 Å². The van der Waals surface area contributed by atoms with Crippen molar-refractivity contribution in [3.8, 4) is 5.75 Å². The van der Waals surface area contributed by atoms with Crippen molar-refractivity contribution < 1.29 is 18.7 Å². The monoisotopic (exact) mass is 215 g/mol. The SMILES string of the molecule is CC(C)(F)C(=O)Nc1ccc(O)cc1F. The normalized spacial score (nSPS) is 11.2. The number of anilines is 1. The van der Waals surface area contributed by atoms with Crippen LogP contribution in [0, 0.1) is 5.82 Å². The number of carbonyl (C=O) groups is 1. The first-order valence-corrected chi connectivity index (χ1v) is 4.29. The predicted molar refractivity (Wildman–Crippen MR) is 51.9 cm³/mol. The fraction of sp³-hybridized carbons (Fsp3) is 0.300. The Labute approximate surface area is 85.7 Å². The van der Waals surface area contributed by atoms with Gasteiger partial charge < -0.3 is 10.4 Å². The van der Waals surface area contributed by atoms with E-state index in [9.17, 15) is 13.6 Å². The number of phenols is 1. The molecule has 5 heteroatoms. The van der Waals surface area contributed by atoms with Gasteiger partial charge in [-0.05, 0) is 26.0 Å². The van der Waals surface area contributed by atoms with Crippen LogP contribution in [-0.2, 0) is 4.79 Å². The molecule has 0 spiro atoms. The summed E-state index contributed by atoms with van der Waals surface area (Å²) in [6.45, 7) is 2.14. The number of hydrogen-bond donors (Lipinski definition) is 2. The standard InChI is InChI=1S/C10H11F2NO2/c1-10(2,12)9(15)13-8-4-3-6(14)5-7(8)11/h3-5,14H,1-2H3,(H,13,15). The summed E-state index contributed by atoms with van der Waals surface area (Å²) in [6.07, 6.45) is 0. The minimum Gasteiger partial charge on any atom is -0.508 e. The molecule has 0 bridgehead atoms. The van der Waals surface area contributed by atoms with Crippen LogP contribution in [0.2, 0.25) is 0 Å². The molecule has 82 valence electrons. The highest BCUT2D eigenvalue weighted by molar-refractivity contribution is 5.96. The molecule has 0 fully saturated rings. The van der Waals surface area contributed by atoms with Gasteiger partial charge in [0.1, 0.15) is 11.6 Å². The predicted octanol–water partition coefficient (Wildman–Crippen LogP) is 2.22. The van der Waals surface area contributed by atoms with E-state index in [0.717, 1.165) is 26.0 Å². The van der Waals surface area contributed by atoms with Gasteiger partial charge in [-0.25, -0.2) is 8.78 Å². The third kappa shape index (κ3) is 2.90. The van der Waals surface area contributed by atoms with Gasteiger partial charge in [0.25, 0.3) is 5.91 Å². The molecule has 2 N–H and O–H groups in total. The quantitative estimate of drug-likeness (QED) is 0.743. The lowest BCUT2D eigenvalue weighted by atomic mass is 10.1. The molecule has 0 saturated heterocycles. The fourth-order valence-corrected chi connectivity index (χ4v) is 0.876. The average Bonchev–Trinajstić information content (AvgIpc) is 2.08. The van der Waals surface area contributed by atoms with Crippen molar-refractivity contribution in [3.63, 3.8) is 0 Å². The molecule has 0 heterocycles. The number of hydrogen-bond acceptors (Lipinski definition) is 2. The number of carbonyl (C=O) groups excluding carboxylic acids is 1. The summed E-state index contributed by atoms with van der Waals surface area (Å²) in [4.78, 5) is 11.2. The Kier molecular flexibility index (Phi) is 2.93. The zero-order valence-electron chi connectivity index (χ0n) is 8.34. The molecule has 1 aromatic carbocycles. The van der Waals surface area contributed by atoms with E-state index < -0.39 is 17.4 Å². The molecular formula is C10H11F2NO2. The second-order valence-corrected chi connectivity index (χ2v) is 3.59. The van der Waals surface area contributed by atoms with Crippen LogP contribution >= 0.6 is 0 Å². The number of amides is 1. The van der Waals surface area contributed by atoms with Crippen molar-refractivity contribution in [2.45, 2.75) is 19.5 Å². The van der Waals surface area contributed by atoms with Gasteiger partial charge in [-0.1, -0.05) is 0 Å². The zero-order valence-corrected chi connectivity index (χ0v) is 8.34. The van der Waals surface area contributed by atoms with E-state index in [1.807, 2.05) is 0 Å². The summed E-state index contributed by atoms with van der Waals surface area (Å²) in [5.74, 6) is -2.01. The summed E-state index contributed by atoms with van der Waals surface area (Å²) < 4.78 is 26.2. The van der Waals surface area contributed by atoms with Gasteiger partial charge in [0.2, 0.25) is 0 Å². The third-order valence-electron chi connectivity index (χ3n) is 1.74. The van der Waals surface area contributed by atoms with Gasteiger partial charge in [0.05, 0.1) is 5.69 Å². The Morgan fingerprint density at radius 2 is 2.07 bits per heavy atom. The first-order chi connectivity index (χ1) is 6.80. The van der Waals surface area contributed by atoms with E-state index in [0.29, 0.717) is 0 Å². The molecule has 0 unspecified atom stereocenters. The summed E-state index contributed by atoms with van der Waals surface area (Å²) >= 11 is 0. The molecule has 0 aliphatic heterocycles. The number of halogens is 2. The van der Waals surface area contributed by atoms with Crippen molar-refractivity contribution in [3.05, 3.63) is 24.0 Å². The van der Waals surface area contributed by atoms with Crippen molar-refractivity contribution in [2.75, 3.05) is 5.32 Å². The lowest BCUT2D eigenvalue weighted by Crippen LogP contribution is -2.32. The summed E-state index contributed by atoms with van der Waals surface area (Å²) in [7, 11) is 0. The summed E-state index contributed by atoms with van der Waals surface area (Å²) in [5.41, 5.74) is -2.24. The van der Waals surface area contributed by atoms with Gasteiger partial charge in [0.15, 0.2) is 5.67 Å². The average molecular weight is 215 g/mol. The van der Waals surface area contributed by atoms with Crippen molar-refractivity contribution >= 4 is 11.6 Å². The Morgan fingerprint density at radius 1 is 1.47 bits per heavy atom. The van der Waals surface area contributed by atoms with Crippen LogP contribution < -0.4 is 5.32 Å². The molecule has 3 nitrogen and oxygen atoms in total. The topological polar surface area (TPSA) is 49.3 Å². The minimum absolute atomic E-state index is 0.163. The minimum atomic E-state index is -2.08. The van der Waals surface area contributed by atoms with Gasteiger partial charge >= 0.3 is 0 Å². The van der Waals surface area contributed by atoms with Crippen LogP contribution in [0.5, 0.6) is 5.75 Å². The fourth-order valence-electron chi connectivity index (χ4n) is 0.876. The number of phenolic OH excluding ortho intramolecular Hbond substituents is 1. The second kappa shape index (κ2) is 3.84. The highest BCUT2D eigenvalue weighted by atomic mass is 19.1. The Morgan fingerprint density at radius 3 is 2.53 bits per heavy atom. The first kappa shape index (κ1) is 11.4. The molecule has 0 atom stereocenters. The number of benzene rings is 1. The van der Waals surface area contributed by atoms with Gasteiger partial charge in [0, 0.05) is 6.07 Å². The van der Waals surface area contributed by atoms with E-state index in [4.69, 9.17) is 5.11 Å². The molecule has 1 rings (SSSR count). The lowest BCUT2D eigenvalue weighted by Gasteiger charge is -2.14. The largest absolute Gasteiger partial charge is 0.508 e. The Balaban J connectivity index is 2.87. The number of nitrogens with one attached hydrogen (secondary N) is 1. The van der Waals surface area contributed by atoms with Gasteiger partial charge in [-0.15, -0.1) is 0 Å². The third-order valence-corrected chi connectivity index (χ3v) is 1.74. The molecule has 1 amide bonds. The van der Waals surface area contributed by atoms with Crippen LogP contribution in [0.3, 0.4) is 0 Å². The summed E-state index contributed by atoms with van der Waals surface area (Å²) in [5, 5.41) is 11.0. The Hall–Kier alpha value is -1.65. The molecular weight excluding hydrogens is 204 g/mol. The molecule has 1 aromatic rings. The number of alkyl halides is 1. The van der Waals surface area contributed by atoms with E-state index in [-0.39, 0.29) is 11.4 Å². The maximum Gasteiger partial charge on any atom is 0.261 e. The van der Waals surface area contributed by atoms with Crippen LogP contribution in [-0.4, -0.2) is 16.7 Å². The first-order valence-electron chi connectivity index (χ1n) is 4.29. The van der Waals surface area contributed by atoms with Crippen molar-refractivity contribution in [2.24, 2.45) is 0 Å². The highest BCUT2D eigenvalue weighted by Gasteiger charge is 2.27. The maximum absolute atomic E-state index is 13.1. The highest BCUT2D eigenvalue weighted by Crippen LogP contribution is 2.21. The number of aromatic hydroxyl groups is 1. The lowest BCUT2D eigenvalue weighted by molar-refractivity contribution is -0.125. The van der Waals surface area contributed by atoms with Crippen LogP contribution in [0.25, 0.3) is 0 Å². The smallest absolute Gasteiger partial charge is 0.261 e.